The van der Waals surface area contributed by atoms with Gasteiger partial charge in [-0.25, -0.2) is 4.98 Å². The summed E-state index contributed by atoms with van der Waals surface area (Å²) < 4.78 is 5.45. The fourth-order valence-corrected chi connectivity index (χ4v) is 3.66. The van der Waals surface area contributed by atoms with Crippen molar-refractivity contribution in [1.82, 2.24) is 20.1 Å². The lowest BCUT2D eigenvalue weighted by Crippen LogP contribution is -2.31. The number of amides is 1. The highest BCUT2D eigenvalue weighted by Gasteiger charge is 2.28. The summed E-state index contributed by atoms with van der Waals surface area (Å²) in [6, 6.07) is -0.0886. The molecular formula is C15H20N4O2S. The summed E-state index contributed by atoms with van der Waals surface area (Å²) in [7, 11) is 1.80. The molecule has 1 amide bonds. The second kappa shape index (κ2) is 5.81. The van der Waals surface area contributed by atoms with Crippen molar-refractivity contribution >= 4 is 17.2 Å². The molecule has 2 aromatic rings. The Morgan fingerprint density at radius 2 is 2.23 bits per heavy atom. The van der Waals surface area contributed by atoms with Crippen LogP contribution in [0.25, 0.3) is 0 Å². The Kier molecular flexibility index (Phi) is 4.01. The first kappa shape index (κ1) is 15.2. The van der Waals surface area contributed by atoms with Crippen LogP contribution in [0.1, 0.15) is 50.3 Å². The van der Waals surface area contributed by atoms with Crippen molar-refractivity contribution in [2.45, 2.75) is 39.8 Å². The first-order valence-corrected chi connectivity index (χ1v) is 8.15. The van der Waals surface area contributed by atoms with Crippen molar-refractivity contribution in [2.24, 2.45) is 0 Å². The molecule has 0 saturated heterocycles. The van der Waals surface area contributed by atoms with E-state index in [4.69, 9.17) is 4.74 Å². The van der Waals surface area contributed by atoms with E-state index in [2.05, 4.69) is 15.2 Å². The number of ether oxygens (including phenoxy) is 1. The van der Waals surface area contributed by atoms with Gasteiger partial charge < -0.3 is 9.64 Å². The Labute approximate surface area is 133 Å². The third-order valence-corrected chi connectivity index (χ3v) is 5.04. The Bertz CT molecular complexity index is 706. The standard InChI is InChI=1S/C15H20N4O2S/c1-8(13-9(2)22-10(3)16-13)19(4)15(20)14-11-7-21-6-5-12(11)17-18-14/h8H,5-7H2,1-4H3,(H,17,18)/t8-/m1/s1. The number of carbonyl (C=O) groups excluding carboxylic acids is 1. The van der Waals surface area contributed by atoms with E-state index >= 15 is 0 Å². The summed E-state index contributed by atoms with van der Waals surface area (Å²) in [5.74, 6) is -0.0967. The number of nitrogens with zero attached hydrogens (tertiary/aromatic N) is 3. The lowest BCUT2D eigenvalue weighted by molar-refractivity contribution is 0.0720. The van der Waals surface area contributed by atoms with E-state index in [1.54, 1.807) is 23.3 Å². The van der Waals surface area contributed by atoms with E-state index in [9.17, 15) is 4.79 Å². The molecule has 1 N–H and O–H groups in total. The molecular weight excluding hydrogens is 300 g/mol. The minimum atomic E-state index is -0.0967. The van der Waals surface area contributed by atoms with Gasteiger partial charge >= 0.3 is 0 Å². The molecule has 6 nitrogen and oxygen atoms in total. The molecule has 0 saturated carbocycles. The van der Waals surface area contributed by atoms with Gasteiger partial charge in [-0.2, -0.15) is 5.10 Å². The molecule has 3 heterocycles. The van der Waals surface area contributed by atoms with Crippen LogP contribution in [0.5, 0.6) is 0 Å². The lowest BCUT2D eigenvalue weighted by Gasteiger charge is -2.24. The highest BCUT2D eigenvalue weighted by molar-refractivity contribution is 7.11. The van der Waals surface area contributed by atoms with Crippen LogP contribution in [-0.2, 0) is 17.8 Å². The van der Waals surface area contributed by atoms with E-state index < -0.39 is 0 Å². The number of fused-ring (bicyclic) bond motifs is 1. The summed E-state index contributed by atoms with van der Waals surface area (Å²) in [5.41, 5.74) is 3.32. The van der Waals surface area contributed by atoms with Gasteiger partial charge in [0.1, 0.15) is 0 Å². The maximum Gasteiger partial charge on any atom is 0.275 e. The summed E-state index contributed by atoms with van der Waals surface area (Å²) in [5, 5.41) is 8.19. The van der Waals surface area contributed by atoms with Crippen LogP contribution >= 0.6 is 11.3 Å². The van der Waals surface area contributed by atoms with Crippen molar-refractivity contribution in [3.05, 3.63) is 32.5 Å². The molecule has 3 rings (SSSR count). The van der Waals surface area contributed by atoms with Gasteiger partial charge in [-0.15, -0.1) is 11.3 Å². The van der Waals surface area contributed by atoms with Gasteiger partial charge in [-0.05, 0) is 20.8 Å². The average Bonchev–Trinajstić information content (AvgIpc) is 3.08. The fraction of sp³-hybridized carbons (Fsp3) is 0.533. The molecule has 0 radical (unpaired) electrons. The van der Waals surface area contributed by atoms with Gasteiger partial charge in [-0.1, -0.05) is 0 Å². The predicted molar refractivity (Wildman–Crippen MR) is 84.0 cm³/mol. The van der Waals surface area contributed by atoms with Crippen LogP contribution in [0.4, 0.5) is 0 Å². The van der Waals surface area contributed by atoms with E-state index in [0.29, 0.717) is 18.9 Å². The predicted octanol–water partition coefficient (Wildman–Crippen LogP) is 2.39. The first-order chi connectivity index (χ1) is 10.5. The minimum absolute atomic E-state index is 0.0886. The third-order valence-electron chi connectivity index (χ3n) is 4.13. The summed E-state index contributed by atoms with van der Waals surface area (Å²) in [4.78, 5) is 20.2. The van der Waals surface area contributed by atoms with Gasteiger partial charge in [0.25, 0.3) is 5.91 Å². The Balaban J connectivity index is 1.85. The number of rotatable bonds is 3. The average molecular weight is 320 g/mol. The normalized spacial score (nSPS) is 15.5. The number of aromatic nitrogens is 3. The highest BCUT2D eigenvalue weighted by Crippen LogP contribution is 2.28. The number of nitrogens with one attached hydrogen (secondary N) is 1. The zero-order valence-electron chi connectivity index (χ0n) is 13.3. The first-order valence-electron chi connectivity index (χ1n) is 7.34. The van der Waals surface area contributed by atoms with Crippen molar-refractivity contribution in [1.29, 1.82) is 0 Å². The molecule has 0 spiro atoms. The fourth-order valence-electron chi connectivity index (χ4n) is 2.75. The molecule has 1 aliphatic heterocycles. The largest absolute Gasteiger partial charge is 0.376 e. The molecule has 0 aromatic carbocycles. The van der Waals surface area contributed by atoms with E-state index in [0.717, 1.165) is 33.3 Å². The Morgan fingerprint density at radius 3 is 2.91 bits per heavy atom. The number of thiazole rings is 1. The maximum absolute atomic E-state index is 12.8. The van der Waals surface area contributed by atoms with Crippen LogP contribution in [0, 0.1) is 13.8 Å². The second-order valence-corrected chi connectivity index (χ2v) is 7.01. The molecule has 0 fully saturated rings. The van der Waals surface area contributed by atoms with Crippen molar-refractivity contribution in [3.8, 4) is 0 Å². The molecule has 2 aromatic heterocycles. The van der Waals surface area contributed by atoms with E-state index in [1.165, 1.54) is 0 Å². The van der Waals surface area contributed by atoms with Crippen molar-refractivity contribution in [3.63, 3.8) is 0 Å². The second-order valence-electron chi connectivity index (χ2n) is 5.60. The van der Waals surface area contributed by atoms with Crippen LogP contribution in [0.3, 0.4) is 0 Å². The zero-order chi connectivity index (χ0) is 15.9. The van der Waals surface area contributed by atoms with E-state index in [1.807, 2.05) is 20.8 Å². The minimum Gasteiger partial charge on any atom is -0.376 e. The van der Waals surface area contributed by atoms with Gasteiger partial charge in [-0.3, -0.25) is 9.89 Å². The van der Waals surface area contributed by atoms with Crippen LogP contribution in [0.2, 0.25) is 0 Å². The number of aromatic amines is 1. The van der Waals surface area contributed by atoms with Crippen LogP contribution < -0.4 is 0 Å². The maximum atomic E-state index is 12.8. The third kappa shape index (κ3) is 2.55. The smallest absolute Gasteiger partial charge is 0.275 e. The number of carbonyl (C=O) groups is 1. The van der Waals surface area contributed by atoms with Gasteiger partial charge in [0.15, 0.2) is 5.69 Å². The molecule has 22 heavy (non-hydrogen) atoms. The quantitative estimate of drug-likeness (QED) is 0.942. The number of H-pyrrole nitrogens is 1. The van der Waals surface area contributed by atoms with Gasteiger partial charge in [0, 0.05) is 29.6 Å². The summed E-state index contributed by atoms with van der Waals surface area (Å²) in [6.45, 7) is 7.14. The van der Waals surface area contributed by atoms with Crippen LogP contribution in [-0.4, -0.2) is 39.6 Å². The summed E-state index contributed by atoms with van der Waals surface area (Å²) >= 11 is 1.66. The van der Waals surface area contributed by atoms with Crippen LogP contribution in [0.15, 0.2) is 0 Å². The topological polar surface area (TPSA) is 71.1 Å². The molecule has 1 atom stereocenters. The number of hydrogen-bond donors (Lipinski definition) is 1. The molecule has 0 bridgehead atoms. The van der Waals surface area contributed by atoms with E-state index in [-0.39, 0.29) is 11.9 Å². The molecule has 0 aliphatic carbocycles. The molecule has 1 aliphatic rings. The van der Waals surface area contributed by atoms with Gasteiger partial charge in [0.2, 0.25) is 0 Å². The molecule has 7 heteroatoms. The SMILES string of the molecule is Cc1nc([C@@H](C)N(C)C(=O)c2n[nH]c3c2COCC3)c(C)s1. The summed E-state index contributed by atoms with van der Waals surface area (Å²) in [6.07, 6.45) is 0.777. The van der Waals surface area contributed by atoms with Crippen molar-refractivity contribution in [2.75, 3.05) is 13.7 Å². The molecule has 118 valence electrons. The monoisotopic (exact) mass is 320 g/mol. The lowest BCUT2D eigenvalue weighted by atomic mass is 10.1. The van der Waals surface area contributed by atoms with Gasteiger partial charge in [0.05, 0.1) is 30.0 Å². The number of hydrogen-bond acceptors (Lipinski definition) is 5. The Morgan fingerprint density at radius 1 is 1.45 bits per heavy atom. The number of aryl methyl sites for hydroxylation is 2. The highest BCUT2D eigenvalue weighted by atomic mass is 32.1. The van der Waals surface area contributed by atoms with Crippen molar-refractivity contribution < 1.29 is 9.53 Å². The molecule has 0 unspecified atom stereocenters. The zero-order valence-corrected chi connectivity index (χ0v) is 14.1. The Hall–Kier alpha value is -1.73.